The van der Waals surface area contributed by atoms with E-state index in [4.69, 9.17) is 4.42 Å². The highest BCUT2D eigenvalue weighted by Crippen LogP contribution is 2.34. The maximum absolute atomic E-state index is 13.0. The van der Waals surface area contributed by atoms with Crippen LogP contribution in [-0.4, -0.2) is 42.5 Å². The summed E-state index contributed by atoms with van der Waals surface area (Å²) in [5.74, 6) is -2.01. The van der Waals surface area contributed by atoms with Gasteiger partial charge in [-0.1, -0.05) is 24.3 Å². The van der Waals surface area contributed by atoms with E-state index in [2.05, 4.69) is 25.1 Å². The summed E-state index contributed by atoms with van der Waals surface area (Å²) in [5, 5.41) is 8.68. The van der Waals surface area contributed by atoms with Gasteiger partial charge in [0.25, 0.3) is 5.89 Å². The zero-order valence-electron chi connectivity index (χ0n) is 14.9. The van der Waals surface area contributed by atoms with Crippen molar-refractivity contribution in [3.05, 3.63) is 71.7 Å². The lowest BCUT2D eigenvalue weighted by Crippen LogP contribution is -2.41. The zero-order valence-corrected chi connectivity index (χ0v) is 14.9. The van der Waals surface area contributed by atoms with Gasteiger partial charge in [0, 0.05) is 30.2 Å². The Balaban J connectivity index is 1.59. The first-order valence-corrected chi connectivity index (χ1v) is 8.91. The highest BCUT2D eigenvalue weighted by molar-refractivity contribution is 5.90. The van der Waals surface area contributed by atoms with Crippen molar-refractivity contribution < 1.29 is 18.0 Å². The Bertz CT molecular complexity index is 1200. The lowest BCUT2D eigenvalue weighted by atomic mass is 9.98. The number of hydrogen-bond acceptors (Lipinski definition) is 6. The summed E-state index contributed by atoms with van der Waals surface area (Å²) >= 11 is 0. The van der Waals surface area contributed by atoms with Crippen molar-refractivity contribution in [2.75, 3.05) is 6.54 Å². The van der Waals surface area contributed by atoms with E-state index in [-0.39, 0.29) is 0 Å². The molecule has 1 aromatic carbocycles. The number of hydrogen-bond donors (Lipinski definition) is 1. The fourth-order valence-corrected chi connectivity index (χ4v) is 3.58. The maximum Gasteiger partial charge on any atom is 0.314 e. The second kappa shape index (κ2) is 6.73. The topological polar surface area (TPSA) is 101 Å². The molecule has 0 saturated carbocycles. The average Bonchev–Trinajstić information content (AvgIpc) is 3.42. The molecular weight excluding hydrogens is 382 g/mol. The standard InChI is InChI=1S/C19H14F2N6O2/c20-16(21)17-25-26-18(29-17)19(28)27-6-5-12-14(24-9-23-12)15(27)13-7-10-3-1-2-4-11(10)8-22-13/h1-4,7-9,15-16H,5-6H2,(H,23,24)/t15-/m1/s1. The number of H-pyrrole nitrogens is 1. The van der Waals surface area contributed by atoms with E-state index in [1.807, 2.05) is 30.3 Å². The number of nitrogens with zero attached hydrogens (tertiary/aromatic N) is 5. The summed E-state index contributed by atoms with van der Waals surface area (Å²) in [6, 6.07) is 9.02. The molecule has 1 aliphatic heterocycles. The highest BCUT2D eigenvalue weighted by Gasteiger charge is 2.37. The van der Waals surface area contributed by atoms with Crippen molar-refractivity contribution in [2.45, 2.75) is 18.9 Å². The molecule has 0 fully saturated rings. The Kier molecular flexibility index (Phi) is 4.04. The van der Waals surface area contributed by atoms with Gasteiger partial charge in [-0.2, -0.15) is 8.78 Å². The minimum absolute atomic E-state index is 0.319. The summed E-state index contributed by atoms with van der Waals surface area (Å²) in [4.78, 5) is 26.5. The Labute approximate surface area is 162 Å². The number of nitrogens with one attached hydrogen (secondary N) is 1. The number of rotatable bonds is 3. The highest BCUT2D eigenvalue weighted by atomic mass is 19.3. The van der Waals surface area contributed by atoms with Crippen LogP contribution in [0.3, 0.4) is 0 Å². The van der Waals surface area contributed by atoms with Crippen LogP contribution in [0.5, 0.6) is 0 Å². The van der Waals surface area contributed by atoms with Crippen LogP contribution in [0.1, 0.15) is 46.1 Å². The normalized spacial score (nSPS) is 16.4. The van der Waals surface area contributed by atoms with Crippen LogP contribution in [0, 0.1) is 0 Å². The lowest BCUT2D eigenvalue weighted by molar-refractivity contribution is 0.0628. The van der Waals surface area contributed by atoms with Gasteiger partial charge in [0.1, 0.15) is 6.04 Å². The largest absolute Gasteiger partial charge is 0.411 e. The predicted molar refractivity (Wildman–Crippen MR) is 96.2 cm³/mol. The van der Waals surface area contributed by atoms with Gasteiger partial charge >= 0.3 is 18.2 Å². The van der Waals surface area contributed by atoms with Crippen molar-refractivity contribution >= 4 is 16.7 Å². The molecule has 1 amide bonds. The van der Waals surface area contributed by atoms with Gasteiger partial charge in [-0.05, 0) is 11.5 Å². The van der Waals surface area contributed by atoms with E-state index in [1.165, 1.54) is 4.90 Å². The summed E-state index contributed by atoms with van der Waals surface area (Å²) in [7, 11) is 0. The third kappa shape index (κ3) is 2.93. The van der Waals surface area contributed by atoms with E-state index >= 15 is 0 Å². The molecule has 0 spiro atoms. The van der Waals surface area contributed by atoms with Gasteiger partial charge in [-0.15, -0.1) is 10.2 Å². The van der Waals surface area contributed by atoms with Crippen LogP contribution in [0.4, 0.5) is 8.78 Å². The molecule has 3 aromatic heterocycles. The number of fused-ring (bicyclic) bond motifs is 2. The van der Waals surface area contributed by atoms with Crippen molar-refractivity contribution in [1.29, 1.82) is 0 Å². The molecular formula is C19H14F2N6O2. The van der Waals surface area contributed by atoms with Crippen LogP contribution < -0.4 is 0 Å². The molecule has 1 N–H and O–H groups in total. The molecule has 0 aliphatic carbocycles. The Morgan fingerprint density at radius 3 is 2.83 bits per heavy atom. The lowest BCUT2D eigenvalue weighted by Gasteiger charge is -2.33. The Hall–Kier alpha value is -3.69. The van der Waals surface area contributed by atoms with Gasteiger partial charge in [0.15, 0.2) is 0 Å². The van der Waals surface area contributed by atoms with Gasteiger partial charge in [0.2, 0.25) is 0 Å². The Morgan fingerprint density at radius 2 is 2.03 bits per heavy atom. The minimum atomic E-state index is -2.94. The molecule has 0 bridgehead atoms. The van der Waals surface area contributed by atoms with Crippen LogP contribution in [0.25, 0.3) is 10.8 Å². The second-order valence-corrected chi connectivity index (χ2v) is 6.62. The first-order valence-electron chi connectivity index (χ1n) is 8.91. The van der Waals surface area contributed by atoms with E-state index in [0.717, 1.165) is 16.5 Å². The Morgan fingerprint density at radius 1 is 1.21 bits per heavy atom. The van der Waals surface area contributed by atoms with Crippen molar-refractivity contribution in [2.24, 2.45) is 0 Å². The molecule has 0 saturated heterocycles. The number of aromatic nitrogens is 5. The monoisotopic (exact) mass is 396 g/mol. The van der Waals surface area contributed by atoms with Crippen molar-refractivity contribution in [3.8, 4) is 0 Å². The smallest absolute Gasteiger partial charge is 0.314 e. The molecule has 5 rings (SSSR count). The van der Waals surface area contributed by atoms with Gasteiger partial charge in [-0.3, -0.25) is 9.78 Å². The number of carbonyl (C=O) groups excluding carboxylic acids is 1. The molecule has 0 unspecified atom stereocenters. The average molecular weight is 396 g/mol. The van der Waals surface area contributed by atoms with Crippen LogP contribution in [0.2, 0.25) is 0 Å². The molecule has 4 heterocycles. The molecule has 4 aromatic rings. The number of alkyl halides is 2. The second-order valence-electron chi connectivity index (χ2n) is 6.62. The number of halogens is 2. The van der Waals surface area contributed by atoms with Crippen LogP contribution >= 0.6 is 0 Å². The molecule has 1 atom stereocenters. The third-order valence-electron chi connectivity index (χ3n) is 4.93. The summed E-state index contributed by atoms with van der Waals surface area (Å²) in [5.41, 5.74) is 2.16. The third-order valence-corrected chi connectivity index (χ3v) is 4.93. The number of aromatic amines is 1. The molecule has 10 heteroatoms. The van der Waals surface area contributed by atoms with Gasteiger partial charge in [-0.25, -0.2) is 4.98 Å². The van der Waals surface area contributed by atoms with Crippen LogP contribution in [-0.2, 0) is 6.42 Å². The SMILES string of the molecule is O=C(c1nnc(C(F)F)o1)N1CCc2[nH]cnc2[C@H]1c1cc2ccccc2cn1. The van der Waals surface area contributed by atoms with Crippen molar-refractivity contribution in [3.63, 3.8) is 0 Å². The van der Waals surface area contributed by atoms with Gasteiger partial charge < -0.3 is 14.3 Å². The summed E-state index contributed by atoms with van der Waals surface area (Å²) < 4.78 is 30.4. The summed E-state index contributed by atoms with van der Waals surface area (Å²) in [6.07, 6.45) is 0.881. The number of benzene rings is 1. The van der Waals surface area contributed by atoms with E-state index in [0.29, 0.717) is 24.4 Å². The molecule has 146 valence electrons. The number of carbonyl (C=O) groups is 1. The fraction of sp³-hybridized carbons (Fsp3) is 0.211. The minimum Gasteiger partial charge on any atom is -0.411 e. The maximum atomic E-state index is 13.0. The quantitative estimate of drug-likeness (QED) is 0.571. The molecule has 29 heavy (non-hydrogen) atoms. The number of amides is 1. The van der Waals surface area contributed by atoms with Crippen LogP contribution in [0.15, 0.2) is 47.3 Å². The first kappa shape index (κ1) is 17.4. The summed E-state index contributed by atoms with van der Waals surface area (Å²) in [6.45, 7) is 0.319. The molecule has 8 nitrogen and oxygen atoms in total. The van der Waals surface area contributed by atoms with Gasteiger partial charge in [0.05, 0.1) is 17.7 Å². The number of imidazole rings is 1. The van der Waals surface area contributed by atoms with E-state index < -0.39 is 30.2 Å². The van der Waals surface area contributed by atoms with E-state index in [9.17, 15) is 13.6 Å². The zero-order chi connectivity index (χ0) is 20.0. The molecule has 0 radical (unpaired) electrons. The fourth-order valence-electron chi connectivity index (χ4n) is 3.58. The predicted octanol–water partition coefficient (Wildman–Crippen LogP) is 3.07. The number of pyridine rings is 1. The molecule has 1 aliphatic rings. The van der Waals surface area contributed by atoms with E-state index in [1.54, 1.807) is 12.5 Å². The first-order chi connectivity index (χ1) is 14.1. The van der Waals surface area contributed by atoms with Crippen molar-refractivity contribution in [1.82, 2.24) is 30.0 Å².